The number of anilines is 1. The second kappa shape index (κ2) is 6.51. The van der Waals surface area contributed by atoms with Crippen LogP contribution in [-0.4, -0.2) is 26.5 Å². The molecule has 1 aromatic carbocycles. The lowest BCUT2D eigenvalue weighted by atomic mass is 10.1. The average molecular weight is 300 g/mol. The maximum atomic E-state index is 12.1. The molecule has 1 aromatic heterocycles. The van der Waals surface area contributed by atoms with Gasteiger partial charge in [0, 0.05) is 17.7 Å². The number of aromatic nitrogens is 3. The lowest BCUT2D eigenvalue weighted by Crippen LogP contribution is -2.19. The van der Waals surface area contributed by atoms with Crippen LogP contribution >= 0.6 is 0 Å². The van der Waals surface area contributed by atoms with Gasteiger partial charge in [0.1, 0.15) is 11.6 Å². The number of carbonyl (C=O) groups excluding carboxylic acids is 2. The number of ketones is 1. The minimum Gasteiger partial charge on any atom is -0.326 e. The smallest absolute Gasteiger partial charge is 0.226 e. The van der Waals surface area contributed by atoms with E-state index < -0.39 is 0 Å². The summed E-state index contributed by atoms with van der Waals surface area (Å²) in [5.41, 5.74) is 1.30. The van der Waals surface area contributed by atoms with Gasteiger partial charge < -0.3 is 5.32 Å². The zero-order valence-electron chi connectivity index (χ0n) is 13.3. The molecule has 0 bridgehead atoms. The summed E-state index contributed by atoms with van der Waals surface area (Å²) in [6, 6.07) is 6.78. The third-order valence-corrected chi connectivity index (χ3v) is 3.38. The monoisotopic (exact) mass is 300 g/mol. The Hall–Kier alpha value is -2.50. The fraction of sp³-hybridized carbons (Fsp3) is 0.375. The molecule has 0 aliphatic carbocycles. The standard InChI is InChI=1S/C16H20N4O2/c1-10(20-13(4)17-12(3)19-20)9-16(22)18-15-7-5-14(6-8-15)11(2)21/h5-8,10H,9H2,1-4H3,(H,18,22). The number of nitrogens with one attached hydrogen (secondary N) is 1. The van der Waals surface area contributed by atoms with Crippen LogP contribution in [0.4, 0.5) is 5.69 Å². The topological polar surface area (TPSA) is 76.9 Å². The summed E-state index contributed by atoms with van der Waals surface area (Å²) in [6.07, 6.45) is 0.304. The average Bonchev–Trinajstić information content (AvgIpc) is 2.78. The molecule has 0 spiro atoms. The second-order valence-corrected chi connectivity index (χ2v) is 5.39. The van der Waals surface area contributed by atoms with Gasteiger partial charge in [0.05, 0.1) is 6.04 Å². The number of aryl methyl sites for hydroxylation is 2. The van der Waals surface area contributed by atoms with Crippen LogP contribution in [0.5, 0.6) is 0 Å². The van der Waals surface area contributed by atoms with Crippen molar-refractivity contribution in [3.63, 3.8) is 0 Å². The van der Waals surface area contributed by atoms with Gasteiger partial charge in [-0.15, -0.1) is 0 Å². The third kappa shape index (κ3) is 3.78. The number of hydrogen-bond acceptors (Lipinski definition) is 4. The zero-order chi connectivity index (χ0) is 16.3. The molecular formula is C16H20N4O2. The molecule has 1 heterocycles. The molecule has 22 heavy (non-hydrogen) atoms. The van der Waals surface area contributed by atoms with Crippen molar-refractivity contribution < 1.29 is 9.59 Å². The van der Waals surface area contributed by atoms with E-state index in [1.165, 1.54) is 6.92 Å². The maximum Gasteiger partial charge on any atom is 0.226 e. The van der Waals surface area contributed by atoms with Crippen LogP contribution in [0.3, 0.4) is 0 Å². The van der Waals surface area contributed by atoms with Gasteiger partial charge in [-0.1, -0.05) is 0 Å². The van der Waals surface area contributed by atoms with Crippen molar-refractivity contribution in [1.29, 1.82) is 0 Å². The normalized spacial score (nSPS) is 12.0. The Bertz CT molecular complexity index is 689. The Morgan fingerprint density at radius 2 is 1.86 bits per heavy atom. The first-order chi connectivity index (χ1) is 10.4. The minimum absolute atomic E-state index is 0.00326. The lowest BCUT2D eigenvalue weighted by Gasteiger charge is -2.13. The number of amides is 1. The highest BCUT2D eigenvalue weighted by Crippen LogP contribution is 2.15. The molecule has 1 atom stereocenters. The van der Waals surface area contributed by atoms with E-state index in [0.717, 1.165) is 5.82 Å². The van der Waals surface area contributed by atoms with Gasteiger partial charge in [0.2, 0.25) is 5.91 Å². The lowest BCUT2D eigenvalue weighted by molar-refractivity contribution is -0.116. The van der Waals surface area contributed by atoms with Crippen LogP contribution in [0.1, 0.15) is 48.3 Å². The number of benzene rings is 1. The fourth-order valence-electron chi connectivity index (χ4n) is 2.31. The molecule has 0 aliphatic rings. The Morgan fingerprint density at radius 1 is 1.23 bits per heavy atom. The van der Waals surface area contributed by atoms with Crippen LogP contribution in [-0.2, 0) is 4.79 Å². The van der Waals surface area contributed by atoms with E-state index in [1.807, 2.05) is 20.8 Å². The van der Waals surface area contributed by atoms with Crippen LogP contribution in [0.25, 0.3) is 0 Å². The largest absolute Gasteiger partial charge is 0.326 e. The van der Waals surface area contributed by atoms with Gasteiger partial charge in [0.25, 0.3) is 0 Å². The van der Waals surface area contributed by atoms with Crippen LogP contribution in [0.15, 0.2) is 24.3 Å². The molecule has 6 heteroatoms. The van der Waals surface area contributed by atoms with Crippen LogP contribution < -0.4 is 5.32 Å². The molecule has 2 rings (SSSR count). The van der Waals surface area contributed by atoms with Gasteiger partial charge in [-0.3, -0.25) is 9.59 Å². The fourth-order valence-corrected chi connectivity index (χ4v) is 2.31. The van der Waals surface area contributed by atoms with Gasteiger partial charge in [-0.05, 0) is 52.0 Å². The van der Waals surface area contributed by atoms with E-state index in [9.17, 15) is 9.59 Å². The molecule has 0 saturated heterocycles. The Balaban J connectivity index is 1.97. The summed E-state index contributed by atoms with van der Waals surface area (Å²) in [6.45, 7) is 7.14. The Kier molecular flexibility index (Phi) is 4.70. The highest BCUT2D eigenvalue weighted by molar-refractivity contribution is 5.95. The van der Waals surface area contributed by atoms with E-state index in [2.05, 4.69) is 15.4 Å². The maximum absolute atomic E-state index is 12.1. The minimum atomic E-state index is -0.101. The third-order valence-electron chi connectivity index (χ3n) is 3.38. The molecular weight excluding hydrogens is 280 g/mol. The SMILES string of the molecule is CC(=O)c1ccc(NC(=O)CC(C)n2nc(C)nc2C)cc1. The van der Waals surface area contributed by atoms with Gasteiger partial charge in [0.15, 0.2) is 5.78 Å². The number of hydrogen-bond donors (Lipinski definition) is 1. The summed E-state index contributed by atoms with van der Waals surface area (Å²) < 4.78 is 1.76. The van der Waals surface area contributed by atoms with Gasteiger partial charge in [-0.2, -0.15) is 5.10 Å². The van der Waals surface area contributed by atoms with Crippen molar-refractivity contribution in [2.45, 2.75) is 40.2 Å². The molecule has 1 N–H and O–H groups in total. The van der Waals surface area contributed by atoms with Crippen molar-refractivity contribution in [3.05, 3.63) is 41.5 Å². The number of carbonyl (C=O) groups is 2. The van der Waals surface area contributed by atoms with Crippen molar-refractivity contribution in [3.8, 4) is 0 Å². The van der Waals surface area contributed by atoms with E-state index in [0.29, 0.717) is 23.5 Å². The molecule has 0 fully saturated rings. The summed E-state index contributed by atoms with van der Waals surface area (Å²) in [5, 5.41) is 7.11. The number of rotatable bonds is 5. The molecule has 6 nitrogen and oxygen atoms in total. The first-order valence-corrected chi connectivity index (χ1v) is 7.17. The second-order valence-electron chi connectivity index (χ2n) is 5.39. The van der Waals surface area contributed by atoms with E-state index in [1.54, 1.807) is 28.9 Å². The molecule has 0 saturated carbocycles. The molecule has 0 radical (unpaired) electrons. The highest BCUT2D eigenvalue weighted by Gasteiger charge is 2.15. The van der Waals surface area contributed by atoms with Crippen LogP contribution in [0, 0.1) is 13.8 Å². The zero-order valence-corrected chi connectivity index (χ0v) is 13.3. The van der Waals surface area contributed by atoms with E-state index in [-0.39, 0.29) is 17.7 Å². The Morgan fingerprint density at radius 3 is 2.36 bits per heavy atom. The summed E-state index contributed by atoms with van der Waals surface area (Å²) >= 11 is 0. The van der Waals surface area contributed by atoms with Gasteiger partial charge in [-0.25, -0.2) is 9.67 Å². The van der Waals surface area contributed by atoms with Crippen molar-refractivity contribution >= 4 is 17.4 Å². The number of Topliss-reactive ketones (excluding diaryl/α,β-unsaturated/α-hetero) is 1. The molecule has 1 unspecified atom stereocenters. The molecule has 1 amide bonds. The molecule has 0 aliphatic heterocycles. The summed E-state index contributed by atoms with van der Waals surface area (Å²) in [7, 11) is 0. The highest BCUT2D eigenvalue weighted by atomic mass is 16.1. The predicted octanol–water partition coefficient (Wildman–Crippen LogP) is 2.69. The van der Waals surface area contributed by atoms with Crippen LogP contribution in [0.2, 0.25) is 0 Å². The predicted molar refractivity (Wildman–Crippen MR) is 83.9 cm³/mol. The Labute approximate surface area is 129 Å². The molecule has 116 valence electrons. The first kappa shape index (κ1) is 15.9. The van der Waals surface area contributed by atoms with E-state index in [4.69, 9.17) is 0 Å². The summed E-state index contributed by atoms with van der Waals surface area (Å²) in [5.74, 6) is 1.40. The first-order valence-electron chi connectivity index (χ1n) is 7.17. The van der Waals surface area contributed by atoms with Crippen molar-refractivity contribution in [2.75, 3.05) is 5.32 Å². The van der Waals surface area contributed by atoms with Crippen molar-refractivity contribution in [1.82, 2.24) is 14.8 Å². The molecule has 2 aromatic rings. The number of nitrogens with zero attached hydrogens (tertiary/aromatic N) is 3. The summed E-state index contributed by atoms with van der Waals surface area (Å²) in [4.78, 5) is 27.5. The van der Waals surface area contributed by atoms with Crippen molar-refractivity contribution in [2.24, 2.45) is 0 Å². The van der Waals surface area contributed by atoms with Gasteiger partial charge >= 0.3 is 0 Å². The van der Waals surface area contributed by atoms with E-state index >= 15 is 0 Å². The quantitative estimate of drug-likeness (QED) is 0.861.